The van der Waals surface area contributed by atoms with E-state index in [9.17, 15) is 34.5 Å². The molecule has 43 heavy (non-hydrogen) atoms. The quantitative estimate of drug-likeness (QED) is 0.0912. The van der Waals surface area contributed by atoms with Crippen LogP contribution in [0.4, 0.5) is 0 Å². The molecular weight excluding hydrogens is 568 g/mol. The molecule has 0 aliphatic carbocycles. The first-order chi connectivity index (χ1) is 20.5. The molecule has 13 heteroatoms. The van der Waals surface area contributed by atoms with Crippen molar-refractivity contribution >= 4 is 23.9 Å². The van der Waals surface area contributed by atoms with E-state index in [0.717, 1.165) is 58.3 Å². The molecule has 7 atom stereocenters. The van der Waals surface area contributed by atoms with Gasteiger partial charge in [-0.1, -0.05) is 65.2 Å². The minimum absolute atomic E-state index is 0.0615. The minimum Gasteiger partial charge on any atom is -0.463 e. The molecule has 0 aromatic carbocycles. The van der Waals surface area contributed by atoms with Crippen LogP contribution in [-0.4, -0.2) is 102 Å². The summed E-state index contributed by atoms with van der Waals surface area (Å²) in [6, 6.07) is 0. The van der Waals surface area contributed by atoms with Crippen LogP contribution >= 0.6 is 0 Å². The van der Waals surface area contributed by atoms with E-state index in [-0.39, 0.29) is 12.8 Å². The third-order valence-corrected chi connectivity index (χ3v) is 6.91. The van der Waals surface area contributed by atoms with E-state index in [1.54, 1.807) is 0 Å². The van der Waals surface area contributed by atoms with E-state index in [2.05, 4.69) is 13.8 Å². The third kappa shape index (κ3) is 15.8. The van der Waals surface area contributed by atoms with Gasteiger partial charge in [-0.2, -0.15) is 0 Å². The van der Waals surface area contributed by atoms with Crippen LogP contribution in [0.2, 0.25) is 0 Å². The number of aliphatic hydroxyl groups is 3. The Balaban J connectivity index is 3.30. The summed E-state index contributed by atoms with van der Waals surface area (Å²) in [5, 5.41) is 29.1. The van der Waals surface area contributed by atoms with Crippen LogP contribution in [0.15, 0.2) is 0 Å². The highest BCUT2D eigenvalue weighted by Gasteiger charge is 2.53. The molecular formula is C30H52O13. The normalized spacial score (nSPS) is 23.2. The zero-order valence-electron chi connectivity index (χ0n) is 26.1. The van der Waals surface area contributed by atoms with Crippen molar-refractivity contribution in [2.24, 2.45) is 0 Å². The molecule has 0 unspecified atom stereocenters. The van der Waals surface area contributed by atoms with E-state index in [1.165, 1.54) is 6.92 Å². The Kier molecular flexibility index (Phi) is 20.0. The van der Waals surface area contributed by atoms with E-state index in [0.29, 0.717) is 12.8 Å². The van der Waals surface area contributed by atoms with Crippen LogP contribution in [0, 0.1) is 0 Å². The van der Waals surface area contributed by atoms with Crippen molar-refractivity contribution in [3.8, 4) is 0 Å². The summed E-state index contributed by atoms with van der Waals surface area (Å²) in [4.78, 5) is 49.6. The lowest BCUT2D eigenvalue weighted by molar-refractivity contribution is -0.312. The van der Waals surface area contributed by atoms with E-state index >= 15 is 0 Å². The molecule has 0 saturated carbocycles. The maximum atomic E-state index is 13.0. The van der Waals surface area contributed by atoms with Crippen LogP contribution in [0.25, 0.3) is 0 Å². The maximum absolute atomic E-state index is 13.0. The lowest BCUT2D eigenvalue weighted by Crippen LogP contribution is -2.63. The predicted molar refractivity (Wildman–Crippen MR) is 152 cm³/mol. The van der Waals surface area contributed by atoms with Crippen LogP contribution in [0.1, 0.15) is 105 Å². The lowest BCUT2D eigenvalue weighted by Gasteiger charge is -2.44. The first-order valence-electron chi connectivity index (χ1n) is 15.5. The number of hydrogen-bond acceptors (Lipinski definition) is 13. The summed E-state index contributed by atoms with van der Waals surface area (Å²) in [5.41, 5.74) is 0. The number of ether oxygens (including phenoxy) is 6. The summed E-state index contributed by atoms with van der Waals surface area (Å²) in [6.07, 6.45) is -1.01. The van der Waals surface area contributed by atoms with Gasteiger partial charge in [0.2, 0.25) is 0 Å². The van der Waals surface area contributed by atoms with Gasteiger partial charge < -0.3 is 43.7 Å². The molecule has 0 amide bonds. The third-order valence-electron chi connectivity index (χ3n) is 6.91. The van der Waals surface area contributed by atoms with Gasteiger partial charge in [0.15, 0.2) is 24.6 Å². The average molecular weight is 621 g/mol. The van der Waals surface area contributed by atoms with Gasteiger partial charge in [-0.05, 0) is 12.8 Å². The Hall–Kier alpha value is -2.32. The van der Waals surface area contributed by atoms with Gasteiger partial charge in [0.1, 0.15) is 24.9 Å². The number of carbonyl (C=O) groups excluding carboxylic acids is 4. The van der Waals surface area contributed by atoms with E-state index < -0.39 is 86.6 Å². The van der Waals surface area contributed by atoms with Crippen molar-refractivity contribution in [1.82, 2.24) is 0 Å². The Morgan fingerprint density at radius 1 is 0.698 bits per heavy atom. The standard InChI is InChI=1S/C30H52O13/c1-5-7-9-11-13-15-25(36)42-28-27(40-21(4)33)24(19-38-20(3)32)41-30(39-18-23(35)22(34)17-31)29(28)43-26(37)16-14-12-10-8-6-2/h22-24,27-31,34-35H,5-19H2,1-4H3/t22-,23+,24-,27-,28-,29+,30-/m1/s1. The second-order valence-corrected chi connectivity index (χ2v) is 10.8. The number of carbonyl (C=O) groups is 4. The van der Waals surface area contributed by atoms with E-state index in [4.69, 9.17) is 28.4 Å². The molecule has 1 saturated heterocycles. The zero-order chi connectivity index (χ0) is 32.2. The van der Waals surface area contributed by atoms with Crippen LogP contribution in [-0.2, 0) is 47.6 Å². The summed E-state index contributed by atoms with van der Waals surface area (Å²) < 4.78 is 33.7. The first-order valence-corrected chi connectivity index (χ1v) is 15.5. The molecule has 1 heterocycles. The molecule has 0 radical (unpaired) electrons. The fourth-order valence-corrected chi connectivity index (χ4v) is 4.53. The fraction of sp³-hybridized carbons (Fsp3) is 0.867. The van der Waals surface area contributed by atoms with E-state index in [1.807, 2.05) is 0 Å². The second-order valence-electron chi connectivity index (χ2n) is 10.8. The van der Waals surface area contributed by atoms with Gasteiger partial charge in [-0.3, -0.25) is 19.2 Å². The molecule has 1 aliphatic heterocycles. The molecule has 13 nitrogen and oxygen atoms in total. The predicted octanol–water partition coefficient (Wildman–Crippen LogP) is 2.48. The number of unbranched alkanes of at least 4 members (excludes halogenated alkanes) is 8. The van der Waals surface area contributed by atoms with Gasteiger partial charge >= 0.3 is 23.9 Å². The van der Waals surface area contributed by atoms with Crippen molar-refractivity contribution < 1.29 is 62.9 Å². The fourth-order valence-electron chi connectivity index (χ4n) is 4.53. The van der Waals surface area contributed by atoms with Crippen molar-refractivity contribution in [2.75, 3.05) is 19.8 Å². The first kappa shape index (κ1) is 38.7. The summed E-state index contributed by atoms with van der Waals surface area (Å²) >= 11 is 0. The van der Waals surface area contributed by atoms with Gasteiger partial charge in [-0.15, -0.1) is 0 Å². The molecule has 1 fully saturated rings. The number of rotatable bonds is 22. The highest BCUT2D eigenvalue weighted by atomic mass is 16.7. The smallest absolute Gasteiger partial charge is 0.306 e. The number of aliphatic hydroxyl groups excluding tert-OH is 3. The Labute approximate surface area is 254 Å². The van der Waals surface area contributed by atoms with Crippen molar-refractivity contribution in [3.05, 3.63) is 0 Å². The van der Waals surface area contributed by atoms with Crippen molar-refractivity contribution in [3.63, 3.8) is 0 Å². The highest BCUT2D eigenvalue weighted by Crippen LogP contribution is 2.31. The van der Waals surface area contributed by atoms with Crippen molar-refractivity contribution in [2.45, 2.75) is 148 Å². The zero-order valence-corrected chi connectivity index (χ0v) is 26.1. The summed E-state index contributed by atoms with van der Waals surface area (Å²) in [7, 11) is 0. The number of esters is 4. The Morgan fingerprint density at radius 2 is 1.23 bits per heavy atom. The molecule has 1 aliphatic rings. The van der Waals surface area contributed by atoms with Gasteiger partial charge in [0, 0.05) is 26.7 Å². The molecule has 0 spiro atoms. The SMILES string of the molecule is CCCCCCCC(=O)O[C@H]1[C@H](OC(=O)CCCCCCC)[C@H](OC[C@H](O)[C@H](O)CO)O[C@H](COC(C)=O)[C@H]1OC(C)=O. The summed E-state index contributed by atoms with van der Waals surface area (Å²) in [6.45, 7) is 4.75. The van der Waals surface area contributed by atoms with Crippen molar-refractivity contribution in [1.29, 1.82) is 0 Å². The van der Waals surface area contributed by atoms with Crippen LogP contribution in [0.5, 0.6) is 0 Å². The molecule has 250 valence electrons. The van der Waals surface area contributed by atoms with Gasteiger partial charge in [0.05, 0.1) is 13.2 Å². The maximum Gasteiger partial charge on any atom is 0.306 e. The lowest BCUT2D eigenvalue weighted by atomic mass is 9.97. The Bertz CT molecular complexity index is 820. The highest BCUT2D eigenvalue weighted by molar-refractivity contribution is 5.71. The van der Waals surface area contributed by atoms with Crippen LogP contribution in [0.3, 0.4) is 0 Å². The number of hydrogen-bond donors (Lipinski definition) is 3. The van der Waals surface area contributed by atoms with Gasteiger partial charge in [-0.25, -0.2) is 0 Å². The largest absolute Gasteiger partial charge is 0.463 e. The molecule has 3 N–H and O–H groups in total. The monoisotopic (exact) mass is 620 g/mol. The van der Waals surface area contributed by atoms with Gasteiger partial charge in [0.25, 0.3) is 0 Å². The van der Waals surface area contributed by atoms with Crippen LogP contribution < -0.4 is 0 Å². The summed E-state index contributed by atoms with van der Waals surface area (Å²) in [5.74, 6) is -2.65. The molecule has 1 rings (SSSR count). The minimum atomic E-state index is -1.54. The average Bonchev–Trinajstić information content (AvgIpc) is 2.96. The second kappa shape index (κ2) is 22.2. The molecule has 0 aromatic heterocycles. The molecule has 0 aromatic rings. The molecule has 0 bridgehead atoms. The Morgan fingerprint density at radius 3 is 1.72 bits per heavy atom. The topological polar surface area (TPSA) is 184 Å².